The van der Waals surface area contributed by atoms with E-state index in [0.717, 1.165) is 6.42 Å². The molecule has 14 heteroatoms. The largest absolute Gasteiger partial charge is 0.481 e. The average Bonchev–Trinajstić information content (AvgIpc) is 3.22. The summed E-state index contributed by atoms with van der Waals surface area (Å²) in [5.41, 5.74) is 0. The zero-order valence-corrected chi connectivity index (χ0v) is 17.4. The van der Waals surface area contributed by atoms with E-state index >= 15 is 0 Å². The summed E-state index contributed by atoms with van der Waals surface area (Å²) in [6.07, 6.45) is -0.335. The van der Waals surface area contributed by atoms with Crippen molar-refractivity contribution < 1.29 is 44.1 Å². The van der Waals surface area contributed by atoms with E-state index in [1.54, 1.807) is 0 Å². The Kier molecular flexibility index (Phi) is 10.8. The fourth-order valence-electron chi connectivity index (χ4n) is 2.83. The standard InChI is InChI=1S/C17H26N4O9S/c22-12(23)4-3-9(17(29)30)19-16(28)11(7-31)21-15(27)10(6-13(24)25)20-14(26)8-2-1-5-18-8/h8-11,18,31H,1-7H2,(H,19,28)(H,20,26)(H,21,27)(H,22,23)(H,24,25)(H,29,30). The van der Waals surface area contributed by atoms with Crippen LogP contribution in [0.1, 0.15) is 32.1 Å². The summed E-state index contributed by atoms with van der Waals surface area (Å²) < 4.78 is 0. The molecule has 1 aliphatic rings. The molecule has 0 saturated carbocycles. The van der Waals surface area contributed by atoms with Crippen LogP contribution >= 0.6 is 12.6 Å². The van der Waals surface area contributed by atoms with Crippen molar-refractivity contribution in [3.8, 4) is 0 Å². The van der Waals surface area contributed by atoms with Gasteiger partial charge in [-0.05, 0) is 25.8 Å². The second kappa shape index (κ2) is 12.7. The molecular weight excluding hydrogens is 436 g/mol. The first-order valence-corrected chi connectivity index (χ1v) is 10.1. The molecule has 4 atom stereocenters. The Hall–Kier alpha value is -2.87. The SMILES string of the molecule is O=C(O)CCC(NC(=O)C(CS)NC(=O)C(CC(=O)O)NC(=O)C1CCCN1)C(=O)O. The van der Waals surface area contributed by atoms with Gasteiger partial charge >= 0.3 is 17.9 Å². The van der Waals surface area contributed by atoms with Crippen LogP contribution in [0, 0.1) is 0 Å². The van der Waals surface area contributed by atoms with Crippen LogP contribution in [0.15, 0.2) is 0 Å². The molecule has 0 aromatic rings. The molecule has 4 unspecified atom stereocenters. The number of hydrogen-bond acceptors (Lipinski definition) is 8. The van der Waals surface area contributed by atoms with E-state index in [9.17, 15) is 28.8 Å². The maximum Gasteiger partial charge on any atom is 0.326 e. The lowest BCUT2D eigenvalue weighted by atomic mass is 10.1. The molecule has 1 rings (SSSR count). The van der Waals surface area contributed by atoms with Gasteiger partial charge < -0.3 is 36.6 Å². The van der Waals surface area contributed by atoms with Gasteiger partial charge in [-0.1, -0.05) is 0 Å². The Balaban J connectivity index is 2.78. The Labute approximate surface area is 182 Å². The third kappa shape index (κ3) is 9.21. The van der Waals surface area contributed by atoms with Crippen LogP contribution in [0.4, 0.5) is 0 Å². The second-order valence-electron chi connectivity index (χ2n) is 6.88. The van der Waals surface area contributed by atoms with Gasteiger partial charge in [0.05, 0.1) is 12.5 Å². The zero-order chi connectivity index (χ0) is 23.6. The number of aliphatic carboxylic acids is 3. The zero-order valence-electron chi connectivity index (χ0n) is 16.5. The van der Waals surface area contributed by atoms with Crippen LogP contribution in [-0.4, -0.2) is 87.4 Å². The summed E-state index contributed by atoms with van der Waals surface area (Å²) in [7, 11) is 0. The number of thiol groups is 1. The number of carbonyl (C=O) groups is 6. The number of carboxylic acid groups (broad SMARTS) is 3. The monoisotopic (exact) mass is 462 g/mol. The van der Waals surface area contributed by atoms with E-state index < -0.39 is 72.6 Å². The van der Waals surface area contributed by atoms with Crippen LogP contribution in [0.3, 0.4) is 0 Å². The number of nitrogens with one attached hydrogen (secondary N) is 4. The number of rotatable bonds is 13. The highest BCUT2D eigenvalue weighted by Crippen LogP contribution is 2.06. The minimum absolute atomic E-state index is 0.263. The maximum atomic E-state index is 12.5. The van der Waals surface area contributed by atoms with E-state index in [4.69, 9.17) is 15.3 Å². The molecule has 7 N–H and O–H groups in total. The molecule has 1 aliphatic heterocycles. The summed E-state index contributed by atoms with van der Waals surface area (Å²) in [4.78, 5) is 70.0. The van der Waals surface area contributed by atoms with Crippen molar-refractivity contribution in [3.63, 3.8) is 0 Å². The first kappa shape index (κ1) is 26.2. The van der Waals surface area contributed by atoms with Gasteiger partial charge in [-0.2, -0.15) is 12.6 Å². The highest BCUT2D eigenvalue weighted by molar-refractivity contribution is 7.80. The van der Waals surface area contributed by atoms with Gasteiger partial charge in [0, 0.05) is 12.2 Å². The molecule has 174 valence electrons. The normalized spacial score (nSPS) is 18.3. The minimum Gasteiger partial charge on any atom is -0.481 e. The van der Waals surface area contributed by atoms with Crippen molar-refractivity contribution in [2.24, 2.45) is 0 Å². The van der Waals surface area contributed by atoms with Crippen LogP contribution in [0.25, 0.3) is 0 Å². The lowest BCUT2D eigenvalue weighted by molar-refractivity contribution is -0.144. The van der Waals surface area contributed by atoms with E-state index in [2.05, 4.69) is 33.9 Å². The summed E-state index contributed by atoms with van der Waals surface area (Å²) in [5, 5.41) is 36.5. The Morgan fingerprint density at radius 1 is 0.903 bits per heavy atom. The van der Waals surface area contributed by atoms with Crippen LogP contribution in [0.5, 0.6) is 0 Å². The molecule has 13 nitrogen and oxygen atoms in total. The predicted molar refractivity (Wildman–Crippen MR) is 107 cm³/mol. The van der Waals surface area contributed by atoms with E-state index in [1.165, 1.54) is 0 Å². The maximum absolute atomic E-state index is 12.5. The third-order valence-electron chi connectivity index (χ3n) is 4.47. The van der Waals surface area contributed by atoms with Gasteiger partial charge in [0.25, 0.3) is 0 Å². The topological polar surface area (TPSA) is 211 Å². The molecular formula is C17H26N4O9S. The molecule has 1 fully saturated rings. The fraction of sp³-hybridized carbons (Fsp3) is 0.647. The molecule has 0 aromatic carbocycles. The summed E-state index contributed by atoms with van der Waals surface area (Å²) >= 11 is 3.94. The lowest BCUT2D eigenvalue weighted by Crippen LogP contribution is -2.58. The molecule has 0 aromatic heterocycles. The van der Waals surface area contributed by atoms with Crippen molar-refractivity contribution in [2.75, 3.05) is 12.3 Å². The average molecular weight is 462 g/mol. The van der Waals surface area contributed by atoms with E-state index in [0.29, 0.717) is 13.0 Å². The van der Waals surface area contributed by atoms with Crippen LogP contribution in [-0.2, 0) is 28.8 Å². The van der Waals surface area contributed by atoms with Crippen molar-refractivity contribution in [3.05, 3.63) is 0 Å². The molecule has 0 aliphatic carbocycles. The number of carboxylic acids is 3. The van der Waals surface area contributed by atoms with E-state index in [-0.39, 0.29) is 12.2 Å². The first-order chi connectivity index (χ1) is 14.5. The number of hydrogen-bond donors (Lipinski definition) is 8. The Morgan fingerprint density at radius 2 is 1.52 bits per heavy atom. The fourth-order valence-corrected chi connectivity index (χ4v) is 3.09. The van der Waals surface area contributed by atoms with Crippen molar-refractivity contribution >= 4 is 48.3 Å². The minimum atomic E-state index is -1.51. The smallest absolute Gasteiger partial charge is 0.326 e. The van der Waals surface area contributed by atoms with Gasteiger partial charge in [0.2, 0.25) is 17.7 Å². The quantitative estimate of drug-likeness (QED) is 0.135. The predicted octanol–water partition coefficient (Wildman–Crippen LogP) is -2.45. The molecule has 1 heterocycles. The van der Waals surface area contributed by atoms with Gasteiger partial charge in [-0.25, -0.2) is 4.79 Å². The highest BCUT2D eigenvalue weighted by atomic mass is 32.1. The second-order valence-corrected chi connectivity index (χ2v) is 7.25. The van der Waals surface area contributed by atoms with Gasteiger partial charge in [0.1, 0.15) is 18.1 Å². The van der Waals surface area contributed by atoms with Crippen molar-refractivity contribution in [1.82, 2.24) is 21.3 Å². The molecule has 3 amide bonds. The number of carbonyl (C=O) groups excluding carboxylic acids is 3. The molecule has 0 bridgehead atoms. The number of amides is 3. The van der Waals surface area contributed by atoms with Crippen molar-refractivity contribution in [2.45, 2.75) is 56.3 Å². The van der Waals surface area contributed by atoms with E-state index in [1.807, 2.05) is 0 Å². The summed E-state index contributed by atoms with van der Waals surface area (Å²) in [5.74, 6) is -6.78. The lowest BCUT2D eigenvalue weighted by Gasteiger charge is -2.23. The molecule has 31 heavy (non-hydrogen) atoms. The highest BCUT2D eigenvalue weighted by Gasteiger charge is 2.32. The Bertz CT molecular complexity index is 712. The van der Waals surface area contributed by atoms with Crippen LogP contribution in [0.2, 0.25) is 0 Å². The molecule has 0 radical (unpaired) electrons. The summed E-state index contributed by atoms with van der Waals surface area (Å²) in [6, 6.07) is -4.88. The van der Waals surface area contributed by atoms with Gasteiger partial charge in [0.15, 0.2) is 0 Å². The summed E-state index contributed by atoms with van der Waals surface area (Å²) in [6.45, 7) is 0.613. The van der Waals surface area contributed by atoms with Gasteiger partial charge in [-0.3, -0.25) is 24.0 Å². The first-order valence-electron chi connectivity index (χ1n) is 9.46. The van der Waals surface area contributed by atoms with Crippen molar-refractivity contribution in [1.29, 1.82) is 0 Å². The Morgan fingerprint density at radius 3 is 2.00 bits per heavy atom. The molecule has 0 spiro atoms. The molecule has 1 saturated heterocycles. The van der Waals surface area contributed by atoms with Gasteiger partial charge in [-0.15, -0.1) is 0 Å². The van der Waals surface area contributed by atoms with Crippen LogP contribution < -0.4 is 21.3 Å². The third-order valence-corrected chi connectivity index (χ3v) is 4.83.